The summed E-state index contributed by atoms with van der Waals surface area (Å²) in [6.07, 6.45) is 2.10. The van der Waals surface area contributed by atoms with Crippen molar-refractivity contribution < 1.29 is 24.2 Å². The third kappa shape index (κ3) is 5.95. The highest BCUT2D eigenvalue weighted by Crippen LogP contribution is 2.44. The summed E-state index contributed by atoms with van der Waals surface area (Å²) >= 11 is 0. The van der Waals surface area contributed by atoms with E-state index in [4.69, 9.17) is 9.84 Å². The molecule has 2 aromatic rings. The summed E-state index contributed by atoms with van der Waals surface area (Å²) in [4.78, 5) is 36.9. The standard InChI is InChI=1S/C27H34N2O5/c1-4-19(13-14-25(30)29(3)18(2)26(31)32)15-16-28-27(33)34-17-24-22-11-7-5-9-20(22)21-10-6-8-12-23(21)24/h5-12,18-19,24H,4,13-17H2,1-3H3,(H,28,33)(H,31,32)/t18-,19?/m0/s1. The summed E-state index contributed by atoms with van der Waals surface area (Å²) in [5.41, 5.74) is 4.73. The predicted molar refractivity (Wildman–Crippen MR) is 131 cm³/mol. The quantitative estimate of drug-likeness (QED) is 0.502. The van der Waals surface area contributed by atoms with Crippen molar-refractivity contribution in [3.05, 3.63) is 59.7 Å². The number of alkyl carbamates (subject to hydrolysis) is 1. The molecule has 1 aliphatic rings. The zero-order valence-electron chi connectivity index (χ0n) is 20.1. The molecule has 0 radical (unpaired) electrons. The minimum atomic E-state index is -1.02. The van der Waals surface area contributed by atoms with Crippen LogP contribution in [0, 0.1) is 5.92 Å². The first-order valence-corrected chi connectivity index (χ1v) is 11.9. The molecule has 0 spiro atoms. The van der Waals surface area contributed by atoms with Crippen molar-refractivity contribution >= 4 is 18.0 Å². The molecule has 0 heterocycles. The Labute approximate surface area is 201 Å². The normalized spacial score (nSPS) is 14.0. The molecular formula is C27H34N2O5. The van der Waals surface area contributed by atoms with E-state index in [9.17, 15) is 14.4 Å². The second-order valence-corrected chi connectivity index (χ2v) is 8.87. The summed E-state index contributed by atoms with van der Waals surface area (Å²) < 4.78 is 5.57. The summed E-state index contributed by atoms with van der Waals surface area (Å²) in [5.74, 6) is -0.919. The Balaban J connectivity index is 1.43. The number of carbonyl (C=O) groups excluding carboxylic acids is 2. The fourth-order valence-corrected chi connectivity index (χ4v) is 4.47. The second-order valence-electron chi connectivity index (χ2n) is 8.87. The van der Waals surface area contributed by atoms with Crippen molar-refractivity contribution in [3.8, 4) is 11.1 Å². The van der Waals surface area contributed by atoms with Crippen molar-refractivity contribution in [2.45, 2.75) is 51.5 Å². The van der Waals surface area contributed by atoms with Gasteiger partial charge < -0.3 is 20.1 Å². The van der Waals surface area contributed by atoms with Crippen LogP contribution in [0.4, 0.5) is 4.79 Å². The number of rotatable bonds is 11. The number of fused-ring (bicyclic) bond motifs is 3. The molecule has 0 aromatic heterocycles. The number of nitrogens with zero attached hydrogens (tertiary/aromatic N) is 1. The topological polar surface area (TPSA) is 95.9 Å². The third-order valence-corrected chi connectivity index (χ3v) is 6.84. The minimum absolute atomic E-state index is 0.0257. The van der Waals surface area contributed by atoms with Gasteiger partial charge in [-0.3, -0.25) is 4.79 Å². The Bertz CT molecular complexity index is 976. The van der Waals surface area contributed by atoms with Crippen molar-refractivity contribution in [1.82, 2.24) is 10.2 Å². The number of carboxylic acid groups (broad SMARTS) is 1. The van der Waals surface area contributed by atoms with E-state index in [2.05, 4.69) is 29.6 Å². The van der Waals surface area contributed by atoms with Gasteiger partial charge in [0.05, 0.1) is 0 Å². The van der Waals surface area contributed by atoms with Gasteiger partial charge in [-0.2, -0.15) is 0 Å². The lowest BCUT2D eigenvalue weighted by Gasteiger charge is -2.23. The first kappa shape index (κ1) is 25.3. The van der Waals surface area contributed by atoms with Crippen molar-refractivity contribution in [2.24, 2.45) is 5.92 Å². The zero-order valence-corrected chi connectivity index (χ0v) is 20.1. The zero-order chi connectivity index (χ0) is 24.7. The number of benzene rings is 2. The number of ether oxygens (including phenoxy) is 1. The summed E-state index contributed by atoms with van der Waals surface area (Å²) in [5, 5.41) is 11.9. The van der Waals surface area contributed by atoms with Gasteiger partial charge in [-0.1, -0.05) is 61.9 Å². The van der Waals surface area contributed by atoms with E-state index >= 15 is 0 Å². The molecule has 0 bridgehead atoms. The molecule has 2 N–H and O–H groups in total. The number of amides is 2. The molecule has 7 heteroatoms. The molecule has 0 saturated carbocycles. The first-order valence-electron chi connectivity index (χ1n) is 11.9. The molecule has 34 heavy (non-hydrogen) atoms. The van der Waals surface area contributed by atoms with Gasteiger partial charge in [-0.15, -0.1) is 0 Å². The van der Waals surface area contributed by atoms with E-state index < -0.39 is 18.1 Å². The average Bonchev–Trinajstić information content (AvgIpc) is 3.17. The predicted octanol–water partition coefficient (Wildman–Crippen LogP) is 4.65. The van der Waals surface area contributed by atoms with Crippen LogP contribution in [0.25, 0.3) is 11.1 Å². The summed E-state index contributed by atoms with van der Waals surface area (Å²) in [6.45, 7) is 4.28. The van der Waals surface area contributed by atoms with Crippen molar-refractivity contribution in [2.75, 3.05) is 20.2 Å². The Morgan fingerprint density at radius 3 is 2.18 bits per heavy atom. The molecule has 182 valence electrons. The van der Waals surface area contributed by atoms with Gasteiger partial charge in [0.2, 0.25) is 5.91 Å². The molecule has 1 aliphatic carbocycles. The number of hydrogen-bond donors (Lipinski definition) is 2. The third-order valence-electron chi connectivity index (χ3n) is 6.84. The van der Waals surface area contributed by atoms with Crippen molar-refractivity contribution in [3.63, 3.8) is 0 Å². The minimum Gasteiger partial charge on any atom is -0.480 e. The Morgan fingerprint density at radius 1 is 1.03 bits per heavy atom. The lowest BCUT2D eigenvalue weighted by molar-refractivity contribution is -0.148. The Kier molecular flexibility index (Phi) is 8.68. The lowest BCUT2D eigenvalue weighted by Crippen LogP contribution is -2.40. The molecule has 2 atom stereocenters. The van der Waals surface area contributed by atoms with Gasteiger partial charge in [0.25, 0.3) is 0 Å². The largest absolute Gasteiger partial charge is 0.480 e. The van der Waals surface area contributed by atoms with E-state index in [-0.39, 0.29) is 30.8 Å². The SMILES string of the molecule is CCC(CCNC(=O)OCC1c2ccccc2-c2ccccc21)CCC(=O)N(C)[C@@H](C)C(=O)O. The number of likely N-dealkylation sites (N-methyl/N-ethyl adjacent to an activating group) is 1. The van der Waals surface area contributed by atoms with Crippen molar-refractivity contribution in [1.29, 1.82) is 0 Å². The average molecular weight is 467 g/mol. The lowest BCUT2D eigenvalue weighted by atomic mass is 9.96. The molecular weight excluding hydrogens is 432 g/mol. The van der Waals surface area contributed by atoms with Crippen LogP contribution in [0.5, 0.6) is 0 Å². The fourth-order valence-electron chi connectivity index (χ4n) is 4.47. The van der Waals surface area contributed by atoms with Crippen LogP contribution >= 0.6 is 0 Å². The maximum absolute atomic E-state index is 12.3. The fraction of sp³-hybridized carbons (Fsp3) is 0.444. The van der Waals surface area contributed by atoms with Gasteiger partial charge in [0, 0.05) is 25.9 Å². The van der Waals surface area contributed by atoms with Crippen LogP contribution in [0.2, 0.25) is 0 Å². The van der Waals surface area contributed by atoms with Gasteiger partial charge in [-0.05, 0) is 47.9 Å². The van der Waals surface area contributed by atoms with Gasteiger partial charge in [0.15, 0.2) is 0 Å². The highest BCUT2D eigenvalue weighted by molar-refractivity contribution is 5.83. The van der Waals surface area contributed by atoms with Gasteiger partial charge in [0.1, 0.15) is 12.6 Å². The van der Waals surface area contributed by atoms with Crippen LogP contribution in [-0.4, -0.2) is 54.2 Å². The number of carboxylic acids is 1. The molecule has 7 nitrogen and oxygen atoms in total. The van der Waals surface area contributed by atoms with Crippen LogP contribution < -0.4 is 5.32 Å². The van der Waals surface area contributed by atoms with Crippen LogP contribution in [0.15, 0.2) is 48.5 Å². The van der Waals surface area contributed by atoms with E-state index in [1.54, 1.807) is 0 Å². The molecule has 1 unspecified atom stereocenters. The first-order chi connectivity index (χ1) is 16.3. The smallest absolute Gasteiger partial charge is 0.407 e. The molecule has 3 rings (SSSR count). The molecule has 2 aromatic carbocycles. The molecule has 2 amide bonds. The maximum Gasteiger partial charge on any atom is 0.407 e. The van der Waals surface area contributed by atoms with Crippen LogP contribution in [0.3, 0.4) is 0 Å². The summed E-state index contributed by atoms with van der Waals surface area (Å²) in [6, 6.07) is 15.6. The van der Waals surface area contributed by atoms with E-state index in [0.29, 0.717) is 13.0 Å². The molecule has 0 fully saturated rings. The van der Waals surface area contributed by atoms with E-state index in [1.165, 1.54) is 41.1 Å². The van der Waals surface area contributed by atoms with E-state index in [0.717, 1.165) is 12.8 Å². The number of nitrogens with one attached hydrogen (secondary N) is 1. The van der Waals surface area contributed by atoms with Gasteiger partial charge >= 0.3 is 12.1 Å². The van der Waals surface area contributed by atoms with Gasteiger partial charge in [-0.25, -0.2) is 9.59 Å². The number of hydrogen-bond acceptors (Lipinski definition) is 4. The van der Waals surface area contributed by atoms with Crippen LogP contribution in [-0.2, 0) is 14.3 Å². The second kappa shape index (κ2) is 11.7. The van der Waals surface area contributed by atoms with E-state index in [1.807, 2.05) is 31.2 Å². The van der Waals surface area contributed by atoms with Crippen LogP contribution in [0.1, 0.15) is 56.6 Å². The maximum atomic E-state index is 12.3. The highest BCUT2D eigenvalue weighted by Gasteiger charge is 2.29. The molecule has 0 saturated heterocycles. The molecule has 0 aliphatic heterocycles. The summed E-state index contributed by atoms with van der Waals surface area (Å²) in [7, 11) is 1.51. The Hall–Kier alpha value is -3.35. The number of carbonyl (C=O) groups is 3. The number of aliphatic carboxylic acids is 1. The Morgan fingerprint density at radius 2 is 1.62 bits per heavy atom. The monoisotopic (exact) mass is 466 g/mol. The highest BCUT2D eigenvalue weighted by atomic mass is 16.5.